The quantitative estimate of drug-likeness (QED) is 0.881. The Morgan fingerprint density at radius 2 is 2.00 bits per heavy atom. The molecule has 14 heavy (non-hydrogen) atoms. The van der Waals surface area contributed by atoms with E-state index in [1.807, 2.05) is 0 Å². The van der Waals surface area contributed by atoms with Gasteiger partial charge in [0.1, 0.15) is 0 Å². The van der Waals surface area contributed by atoms with Crippen LogP contribution in [0.15, 0.2) is 22.7 Å². The van der Waals surface area contributed by atoms with E-state index in [9.17, 15) is 0 Å². The molecule has 0 fully saturated rings. The van der Waals surface area contributed by atoms with Gasteiger partial charge in [-0.25, -0.2) is 0 Å². The number of hydrogen-bond donors (Lipinski definition) is 1. The molecule has 0 aromatic heterocycles. The molecule has 0 aliphatic heterocycles. The minimum atomic E-state index is 0.169. The van der Waals surface area contributed by atoms with Crippen molar-refractivity contribution in [3.8, 4) is 0 Å². The Labute approximate surface area is 94.8 Å². The SMILES string of the molecule is Cc1c(Br)cccc1C(C)(C)CCN. The van der Waals surface area contributed by atoms with Gasteiger partial charge in [0.15, 0.2) is 0 Å². The van der Waals surface area contributed by atoms with Crippen molar-refractivity contribution < 1.29 is 0 Å². The second-order valence-electron chi connectivity index (χ2n) is 4.33. The first-order valence-corrected chi connectivity index (χ1v) is 5.74. The van der Waals surface area contributed by atoms with E-state index in [2.05, 4.69) is 54.9 Å². The van der Waals surface area contributed by atoms with Gasteiger partial charge in [-0.2, -0.15) is 0 Å². The number of hydrogen-bond acceptors (Lipinski definition) is 1. The van der Waals surface area contributed by atoms with Gasteiger partial charge in [-0.3, -0.25) is 0 Å². The zero-order valence-electron chi connectivity index (χ0n) is 9.10. The van der Waals surface area contributed by atoms with E-state index in [1.165, 1.54) is 15.6 Å². The van der Waals surface area contributed by atoms with E-state index in [0.717, 1.165) is 13.0 Å². The lowest BCUT2D eigenvalue weighted by atomic mass is 9.79. The molecule has 2 heteroatoms. The first-order chi connectivity index (χ1) is 6.49. The van der Waals surface area contributed by atoms with E-state index in [1.54, 1.807) is 0 Å². The molecular formula is C12H18BrN. The molecule has 78 valence electrons. The molecule has 0 aliphatic rings. The molecular weight excluding hydrogens is 238 g/mol. The topological polar surface area (TPSA) is 26.0 Å². The first-order valence-electron chi connectivity index (χ1n) is 4.94. The van der Waals surface area contributed by atoms with Gasteiger partial charge in [0.25, 0.3) is 0 Å². The highest BCUT2D eigenvalue weighted by atomic mass is 79.9. The molecule has 1 aromatic rings. The Morgan fingerprint density at radius 3 is 2.57 bits per heavy atom. The minimum Gasteiger partial charge on any atom is -0.330 e. The summed E-state index contributed by atoms with van der Waals surface area (Å²) in [5.41, 5.74) is 8.51. The van der Waals surface area contributed by atoms with Crippen LogP contribution < -0.4 is 5.73 Å². The molecule has 0 bridgehead atoms. The summed E-state index contributed by atoms with van der Waals surface area (Å²) in [6, 6.07) is 6.36. The van der Waals surface area contributed by atoms with E-state index in [-0.39, 0.29) is 5.41 Å². The number of rotatable bonds is 3. The predicted molar refractivity (Wildman–Crippen MR) is 65.6 cm³/mol. The Bertz CT molecular complexity index is 318. The summed E-state index contributed by atoms with van der Waals surface area (Å²) >= 11 is 3.56. The molecule has 0 radical (unpaired) electrons. The van der Waals surface area contributed by atoms with Crippen molar-refractivity contribution in [1.29, 1.82) is 0 Å². The zero-order valence-corrected chi connectivity index (χ0v) is 10.7. The summed E-state index contributed by atoms with van der Waals surface area (Å²) in [5.74, 6) is 0. The van der Waals surface area contributed by atoms with Gasteiger partial charge in [-0.15, -0.1) is 0 Å². The van der Waals surface area contributed by atoms with Gasteiger partial charge >= 0.3 is 0 Å². The maximum Gasteiger partial charge on any atom is 0.0207 e. The average molecular weight is 256 g/mol. The Hall–Kier alpha value is -0.340. The molecule has 0 heterocycles. The van der Waals surface area contributed by atoms with Crippen LogP contribution in [-0.2, 0) is 5.41 Å². The molecule has 0 saturated heterocycles. The van der Waals surface area contributed by atoms with Crippen LogP contribution in [0.3, 0.4) is 0 Å². The van der Waals surface area contributed by atoms with Gasteiger partial charge < -0.3 is 5.73 Å². The molecule has 0 amide bonds. The van der Waals surface area contributed by atoms with Gasteiger partial charge in [0.2, 0.25) is 0 Å². The number of nitrogens with two attached hydrogens (primary N) is 1. The summed E-state index contributed by atoms with van der Waals surface area (Å²) in [5, 5.41) is 0. The van der Waals surface area contributed by atoms with Crippen LogP contribution >= 0.6 is 15.9 Å². The Morgan fingerprint density at radius 1 is 1.36 bits per heavy atom. The molecule has 0 spiro atoms. The fourth-order valence-electron chi connectivity index (χ4n) is 1.84. The van der Waals surface area contributed by atoms with Crippen LogP contribution in [0.5, 0.6) is 0 Å². The largest absolute Gasteiger partial charge is 0.330 e. The summed E-state index contributed by atoms with van der Waals surface area (Å²) in [7, 11) is 0. The van der Waals surface area contributed by atoms with Crippen molar-refractivity contribution in [2.75, 3.05) is 6.54 Å². The number of benzene rings is 1. The molecule has 0 aliphatic carbocycles. The summed E-state index contributed by atoms with van der Waals surface area (Å²) in [6.45, 7) is 7.37. The van der Waals surface area contributed by atoms with Gasteiger partial charge in [-0.05, 0) is 42.5 Å². The average Bonchev–Trinajstić information content (AvgIpc) is 2.09. The third-order valence-electron chi connectivity index (χ3n) is 2.77. The second-order valence-corrected chi connectivity index (χ2v) is 5.19. The van der Waals surface area contributed by atoms with Crippen molar-refractivity contribution in [3.63, 3.8) is 0 Å². The number of halogens is 1. The molecule has 1 aromatic carbocycles. The van der Waals surface area contributed by atoms with E-state index in [0.29, 0.717) is 0 Å². The van der Waals surface area contributed by atoms with Gasteiger partial charge in [0, 0.05) is 4.47 Å². The highest BCUT2D eigenvalue weighted by Gasteiger charge is 2.21. The van der Waals surface area contributed by atoms with Crippen LogP contribution in [0.1, 0.15) is 31.4 Å². The molecule has 1 nitrogen and oxygen atoms in total. The summed E-state index contributed by atoms with van der Waals surface area (Å²) < 4.78 is 1.18. The van der Waals surface area contributed by atoms with Crippen LogP contribution in [0.4, 0.5) is 0 Å². The molecule has 0 saturated carbocycles. The molecule has 0 atom stereocenters. The predicted octanol–water partition coefficient (Wildman–Crippen LogP) is 3.38. The highest BCUT2D eigenvalue weighted by molar-refractivity contribution is 9.10. The van der Waals surface area contributed by atoms with Crippen molar-refractivity contribution in [2.45, 2.75) is 32.6 Å². The van der Waals surface area contributed by atoms with Crippen LogP contribution in [-0.4, -0.2) is 6.54 Å². The van der Waals surface area contributed by atoms with Crippen LogP contribution in [0.2, 0.25) is 0 Å². The fourth-order valence-corrected chi connectivity index (χ4v) is 2.20. The Kier molecular flexibility index (Phi) is 3.73. The maximum atomic E-state index is 5.63. The normalized spacial score (nSPS) is 11.8. The van der Waals surface area contributed by atoms with Crippen molar-refractivity contribution in [1.82, 2.24) is 0 Å². The smallest absolute Gasteiger partial charge is 0.0207 e. The van der Waals surface area contributed by atoms with Crippen molar-refractivity contribution in [2.24, 2.45) is 5.73 Å². The summed E-state index contributed by atoms with van der Waals surface area (Å²) in [6.07, 6.45) is 1.02. The van der Waals surface area contributed by atoms with E-state index >= 15 is 0 Å². The van der Waals surface area contributed by atoms with Crippen molar-refractivity contribution >= 4 is 15.9 Å². The fraction of sp³-hybridized carbons (Fsp3) is 0.500. The monoisotopic (exact) mass is 255 g/mol. The minimum absolute atomic E-state index is 0.169. The summed E-state index contributed by atoms with van der Waals surface area (Å²) in [4.78, 5) is 0. The third-order valence-corrected chi connectivity index (χ3v) is 3.63. The lowest BCUT2D eigenvalue weighted by molar-refractivity contribution is 0.485. The van der Waals surface area contributed by atoms with E-state index in [4.69, 9.17) is 5.73 Å². The standard InChI is InChI=1S/C12H18BrN/c1-9-10(5-4-6-11(9)13)12(2,3)7-8-14/h4-6H,7-8,14H2,1-3H3. The van der Waals surface area contributed by atoms with Crippen LogP contribution in [0, 0.1) is 6.92 Å². The van der Waals surface area contributed by atoms with Gasteiger partial charge in [0.05, 0.1) is 0 Å². The highest BCUT2D eigenvalue weighted by Crippen LogP contribution is 2.32. The van der Waals surface area contributed by atoms with Gasteiger partial charge in [-0.1, -0.05) is 41.9 Å². The maximum absolute atomic E-state index is 5.63. The molecule has 2 N–H and O–H groups in total. The van der Waals surface area contributed by atoms with Crippen LogP contribution in [0.25, 0.3) is 0 Å². The second kappa shape index (κ2) is 4.45. The molecule has 1 rings (SSSR count). The Balaban J connectivity index is 3.12. The van der Waals surface area contributed by atoms with E-state index < -0.39 is 0 Å². The lowest BCUT2D eigenvalue weighted by Crippen LogP contribution is -2.22. The lowest BCUT2D eigenvalue weighted by Gasteiger charge is -2.27. The molecule has 0 unspecified atom stereocenters. The third kappa shape index (κ3) is 2.37. The zero-order chi connectivity index (χ0) is 10.8. The van der Waals surface area contributed by atoms with Crippen molar-refractivity contribution in [3.05, 3.63) is 33.8 Å². The first kappa shape index (κ1) is 11.7.